The van der Waals surface area contributed by atoms with Crippen LogP contribution >= 0.6 is 0 Å². The molecule has 2 amide bonds. The van der Waals surface area contributed by atoms with Crippen LogP contribution in [0.2, 0.25) is 0 Å². The Kier molecular flexibility index (Phi) is 7.90. The van der Waals surface area contributed by atoms with Gasteiger partial charge in [0.2, 0.25) is 11.8 Å². The minimum absolute atomic E-state index is 0.167. The number of amides is 2. The van der Waals surface area contributed by atoms with E-state index in [1.165, 1.54) is 19.2 Å². The number of nitrogens with one attached hydrogen (secondary N) is 1. The summed E-state index contributed by atoms with van der Waals surface area (Å²) < 4.78 is 30.5. The predicted molar refractivity (Wildman–Crippen MR) is 143 cm³/mol. The maximum atomic E-state index is 13.2. The average Bonchev–Trinajstić information content (AvgIpc) is 3.39. The molecule has 1 aromatic heterocycles. The summed E-state index contributed by atoms with van der Waals surface area (Å²) in [5.41, 5.74) is 2.33. The Labute approximate surface area is 226 Å². The molecular weight excluding hydrogens is 503 g/mol. The fraction of sp³-hybridized carbons (Fsp3) is 0.379. The van der Waals surface area contributed by atoms with Crippen LogP contribution in [-0.2, 0) is 4.79 Å². The molecule has 204 valence electrons. The Hall–Kier alpha value is -4.21. The number of carbonyl (C=O) groups is 2. The fourth-order valence-electron chi connectivity index (χ4n) is 4.89. The van der Waals surface area contributed by atoms with Crippen molar-refractivity contribution < 1.29 is 28.2 Å². The lowest BCUT2D eigenvalue weighted by atomic mass is 10.1. The Balaban J connectivity index is 1.12. The van der Waals surface area contributed by atoms with E-state index in [0.717, 1.165) is 31.2 Å². The number of anilines is 1. The first kappa shape index (κ1) is 26.4. The molecule has 0 bridgehead atoms. The van der Waals surface area contributed by atoms with E-state index in [0.29, 0.717) is 66.3 Å². The molecule has 2 aromatic carbocycles. The van der Waals surface area contributed by atoms with Gasteiger partial charge in [-0.05, 0) is 69.4 Å². The van der Waals surface area contributed by atoms with E-state index in [-0.39, 0.29) is 17.6 Å². The number of hydrogen-bond donors (Lipinski definition) is 1. The number of aryl methyl sites for hydroxylation is 1. The van der Waals surface area contributed by atoms with Gasteiger partial charge in [0.1, 0.15) is 17.7 Å². The van der Waals surface area contributed by atoms with Crippen LogP contribution < -0.4 is 19.5 Å². The van der Waals surface area contributed by atoms with Crippen molar-refractivity contribution in [3.8, 4) is 28.6 Å². The first-order chi connectivity index (χ1) is 18.9. The Bertz CT molecular complexity index is 1360. The molecule has 0 saturated carbocycles. The molecule has 1 atom stereocenters. The second-order valence-corrected chi connectivity index (χ2v) is 9.60. The van der Waals surface area contributed by atoms with Gasteiger partial charge < -0.3 is 24.4 Å². The van der Waals surface area contributed by atoms with Crippen LogP contribution in [0.5, 0.6) is 17.4 Å². The number of benzene rings is 2. The summed E-state index contributed by atoms with van der Waals surface area (Å²) in [6, 6.07) is 10.8. The lowest BCUT2D eigenvalue weighted by Gasteiger charge is -2.20. The van der Waals surface area contributed by atoms with Gasteiger partial charge in [-0.15, -0.1) is 0 Å². The van der Waals surface area contributed by atoms with Gasteiger partial charge in [-0.3, -0.25) is 9.59 Å². The van der Waals surface area contributed by atoms with Crippen LogP contribution in [0.4, 0.5) is 10.1 Å². The number of ether oxygens (including phenoxy) is 3. The van der Waals surface area contributed by atoms with Gasteiger partial charge in [-0.2, -0.15) is 4.98 Å². The van der Waals surface area contributed by atoms with Crippen molar-refractivity contribution in [2.24, 2.45) is 0 Å². The summed E-state index contributed by atoms with van der Waals surface area (Å²) in [4.78, 5) is 36.1. The van der Waals surface area contributed by atoms with Gasteiger partial charge in [-0.1, -0.05) is 0 Å². The number of nitrogens with zero attached hydrogens (tertiary/aromatic N) is 3. The van der Waals surface area contributed by atoms with E-state index in [2.05, 4.69) is 15.3 Å². The molecular formula is C29H31FN4O5. The molecule has 3 aromatic rings. The summed E-state index contributed by atoms with van der Waals surface area (Å²) in [5, 5.41) is 2.89. The average molecular weight is 535 g/mol. The van der Waals surface area contributed by atoms with Crippen molar-refractivity contribution in [1.82, 2.24) is 14.9 Å². The molecule has 1 saturated heterocycles. The number of halogens is 1. The topological polar surface area (TPSA) is 103 Å². The van der Waals surface area contributed by atoms with Gasteiger partial charge in [0.25, 0.3) is 5.91 Å². The normalized spacial score (nSPS) is 16.3. The van der Waals surface area contributed by atoms with Crippen LogP contribution in [0.25, 0.3) is 11.3 Å². The summed E-state index contributed by atoms with van der Waals surface area (Å²) in [5.74, 6) is 1.35. The van der Waals surface area contributed by atoms with Crippen molar-refractivity contribution in [2.75, 3.05) is 32.2 Å². The minimum atomic E-state index is -0.428. The minimum Gasteiger partial charge on any atom is -0.493 e. The van der Waals surface area contributed by atoms with Gasteiger partial charge in [-0.25, -0.2) is 9.37 Å². The first-order valence-electron chi connectivity index (χ1n) is 13.1. The van der Waals surface area contributed by atoms with Gasteiger partial charge >= 0.3 is 0 Å². The molecule has 0 unspecified atom stereocenters. The highest BCUT2D eigenvalue weighted by Gasteiger charge is 2.39. The third kappa shape index (κ3) is 5.94. The maximum Gasteiger partial charge on any atom is 0.256 e. The maximum absolute atomic E-state index is 13.2. The number of carbonyl (C=O) groups excluding carboxylic acids is 2. The SMILES string of the molecule is COc1cc2c(cc1OCCCCCOc1cc(-c3ccc(F)cc3)nc(C)n1)NC(=O)[C@@H]1CCCN1C2=O. The largest absolute Gasteiger partial charge is 0.493 e. The highest BCUT2D eigenvalue weighted by Crippen LogP contribution is 2.37. The molecule has 39 heavy (non-hydrogen) atoms. The molecule has 3 heterocycles. The summed E-state index contributed by atoms with van der Waals surface area (Å²) in [6.07, 6.45) is 3.91. The smallest absolute Gasteiger partial charge is 0.256 e. The van der Waals surface area contributed by atoms with Crippen molar-refractivity contribution in [3.05, 3.63) is 59.7 Å². The molecule has 0 aliphatic carbocycles. The van der Waals surface area contributed by atoms with E-state index in [4.69, 9.17) is 14.2 Å². The summed E-state index contributed by atoms with van der Waals surface area (Å²) in [7, 11) is 1.53. The summed E-state index contributed by atoms with van der Waals surface area (Å²) in [6.45, 7) is 3.28. The quantitative estimate of drug-likeness (QED) is 0.373. The standard InChI is InChI=1S/C29H31FN4O5/c1-18-31-22(19-8-10-20(30)11-9-19)17-27(32-18)39-14-5-3-4-13-38-26-16-23-21(15-25(26)37-2)29(36)34-12-6-7-24(34)28(35)33-23/h8-11,15-17,24H,3-7,12-14H2,1-2H3,(H,33,35)/t24-/m0/s1. The highest BCUT2D eigenvalue weighted by molar-refractivity contribution is 6.10. The lowest BCUT2D eigenvalue weighted by Crippen LogP contribution is -2.40. The zero-order chi connectivity index (χ0) is 27.4. The number of hydrogen-bond acceptors (Lipinski definition) is 7. The van der Waals surface area contributed by atoms with Crippen molar-refractivity contribution >= 4 is 17.5 Å². The number of unbranched alkanes of at least 4 members (excludes halogenated alkanes) is 2. The second-order valence-electron chi connectivity index (χ2n) is 9.60. The van der Waals surface area contributed by atoms with Crippen LogP contribution in [0, 0.1) is 12.7 Å². The Morgan fingerprint density at radius 2 is 1.77 bits per heavy atom. The van der Waals surface area contributed by atoms with Crippen LogP contribution in [-0.4, -0.2) is 59.6 Å². The molecule has 0 radical (unpaired) electrons. The third-order valence-corrected chi connectivity index (χ3v) is 6.86. The zero-order valence-corrected chi connectivity index (χ0v) is 22.0. The van der Waals surface area contributed by atoms with Crippen molar-refractivity contribution in [3.63, 3.8) is 0 Å². The molecule has 9 nitrogen and oxygen atoms in total. The highest BCUT2D eigenvalue weighted by atomic mass is 19.1. The number of aromatic nitrogens is 2. The molecule has 2 aliphatic rings. The first-order valence-corrected chi connectivity index (χ1v) is 13.1. The fourth-order valence-corrected chi connectivity index (χ4v) is 4.89. The van der Waals surface area contributed by atoms with E-state index in [9.17, 15) is 14.0 Å². The third-order valence-electron chi connectivity index (χ3n) is 6.86. The summed E-state index contributed by atoms with van der Waals surface area (Å²) >= 11 is 0. The van der Waals surface area contributed by atoms with Crippen LogP contribution in [0.15, 0.2) is 42.5 Å². The van der Waals surface area contributed by atoms with Crippen molar-refractivity contribution in [1.29, 1.82) is 0 Å². The molecule has 10 heteroatoms. The Morgan fingerprint density at radius 1 is 1.00 bits per heavy atom. The molecule has 0 spiro atoms. The van der Waals surface area contributed by atoms with Crippen LogP contribution in [0.3, 0.4) is 0 Å². The van der Waals surface area contributed by atoms with Gasteiger partial charge in [0, 0.05) is 24.2 Å². The number of fused-ring (bicyclic) bond motifs is 2. The second kappa shape index (κ2) is 11.7. The van der Waals surface area contributed by atoms with E-state index >= 15 is 0 Å². The monoisotopic (exact) mass is 534 g/mol. The van der Waals surface area contributed by atoms with Gasteiger partial charge in [0.15, 0.2) is 11.5 Å². The van der Waals surface area contributed by atoms with Crippen LogP contribution in [0.1, 0.15) is 48.3 Å². The van der Waals surface area contributed by atoms with Crippen molar-refractivity contribution in [2.45, 2.75) is 45.1 Å². The van der Waals surface area contributed by atoms with E-state index < -0.39 is 6.04 Å². The van der Waals surface area contributed by atoms with E-state index in [1.807, 2.05) is 0 Å². The number of methoxy groups -OCH3 is 1. The molecule has 1 fully saturated rings. The van der Waals surface area contributed by atoms with Gasteiger partial charge in [0.05, 0.1) is 37.3 Å². The van der Waals surface area contributed by atoms with E-state index in [1.54, 1.807) is 42.2 Å². The number of rotatable bonds is 10. The Morgan fingerprint density at radius 3 is 2.54 bits per heavy atom. The predicted octanol–water partition coefficient (Wildman–Crippen LogP) is 4.78. The molecule has 5 rings (SSSR count). The lowest BCUT2D eigenvalue weighted by molar-refractivity contribution is -0.119. The molecule has 1 N–H and O–H groups in total. The zero-order valence-electron chi connectivity index (χ0n) is 22.0. The molecule has 2 aliphatic heterocycles.